The molecule has 1 fully saturated rings. The van der Waals surface area contributed by atoms with Gasteiger partial charge in [0.25, 0.3) is 0 Å². The Hall–Kier alpha value is -2.42. The van der Waals surface area contributed by atoms with E-state index in [9.17, 15) is 4.79 Å². The van der Waals surface area contributed by atoms with Crippen LogP contribution >= 0.6 is 0 Å². The van der Waals surface area contributed by atoms with E-state index >= 15 is 0 Å². The molecule has 2 aliphatic rings. The summed E-state index contributed by atoms with van der Waals surface area (Å²) < 4.78 is 17.9. The Balaban J connectivity index is 1.63. The SMILES string of the molecule is CN(C)CCCNC(=C/COC1CC2C=c3ccc(=O)oc3=CC2OC1(C)C)/N=C\N. The van der Waals surface area contributed by atoms with Crippen molar-refractivity contribution in [2.75, 3.05) is 33.8 Å². The lowest BCUT2D eigenvalue weighted by Crippen LogP contribution is -2.53. The third kappa shape index (κ3) is 6.29. The van der Waals surface area contributed by atoms with Crippen LogP contribution in [0.25, 0.3) is 12.2 Å². The summed E-state index contributed by atoms with van der Waals surface area (Å²) in [5.74, 6) is 0.864. The summed E-state index contributed by atoms with van der Waals surface area (Å²) in [5, 5.41) is 4.21. The highest BCUT2D eigenvalue weighted by molar-refractivity contribution is 5.53. The number of aliphatic imine (C=N–C) groups is 1. The van der Waals surface area contributed by atoms with Crippen LogP contribution in [0.5, 0.6) is 0 Å². The Morgan fingerprint density at radius 3 is 2.94 bits per heavy atom. The first-order chi connectivity index (χ1) is 14.8. The fourth-order valence-electron chi connectivity index (χ4n) is 3.96. The van der Waals surface area contributed by atoms with Crippen molar-refractivity contribution in [1.82, 2.24) is 10.2 Å². The van der Waals surface area contributed by atoms with Crippen LogP contribution in [0.3, 0.4) is 0 Å². The van der Waals surface area contributed by atoms with Gasteiger partial charge in [-0.1, -0.05) is 6.08 Å². The predicted octanol–water partition coefficient (Wildman–Crippen LogP) is 0.153. The van der Waals surface area contributed by atoms with Crippen molar-refractivity contribution < 1.29 is 13.9 Å². The third-order valence-corrected chi connectivity index (χ3v) is 5.60. The molecule has 1 aromatic rings. The monoisotopic (exact) mass is 430 g/mol. The second kappa shape index (κ2) is 10.3. The standard InChI is InChI=1S/C23H34N4O4/c1-23(2)20(29-11-8-21(26-15-24)25-9-5-10-27(3)4)13-17-12-16-6-7-22(28)30-18(16)14-19(17)31-23/h6-8,12,14-15,17,19-20,25H,5,9-11,13H2,1-4H3,(H2,24,26)/b21-8-. The molecule has 0 spiro atoms. The Bertz CT molecular complexity index is 980. The summed E-state index contributed by atoms with van der Waals surface area (Å²) in [4.78, 5) is 17.9. The van der Waals surface area contributed by atoms with E-state index < -0.39 is 5.60 Å². The van der Waals surface area contributed by atoms with Gasteiger partial charge in [-0.3, -0.25) is 0 Å². The molecule has 1 aliphatic heterocycles. The van der Waals surface area contributed by atoms with Gasteiger partial charge in [-0.25, -0.2) is 9.79 Å². The molecule has 1 saturated heterocycles. The average molecular weight is 431 g/mol. The topological polar surface area (TPSA) is 102 Å². The van der Waals surface area contributed by atoms with Crippen LogP contribution in [-0.2, 0) is 9.47 Å². The molecule has 3 atom stereocenters. The molecule has 8 nitrogen and oxygen atoms in total. The summed E-state index contributed by atoms with van der Waals surface area (Å²) in [6, 6.07) is 3.24. The predicted molar refractivity (Wildman–Crippen MR) is 122 cm³/mol. The van der Waals surface area contributed by atoms with Crippen molar-refractivity contribution in [3.63, 3.8) is 0 Å². The minimum absolute atomic E-state index is 0.0937. The molecule has 0 saturated carbocycles. The summed E-state index contributed by atoms with van der Waals surface area (Å²) in [6.45, 7) is 6.27. The van der Waals surface area contributed by atoms with E-state index in [0.717, 1.165) is 31.1 Å². The lowest BCUT2D eigenvalue weighted by molar-refractivity contribution is -0.180. The van der Waals surface area contributed by atoms with Gasteiger partial charge < -0.3 is 29.8 Å². The number of rotatable bonds is 9. The maximum Gasteiger partial charge on any atom is 0.336 e. The molecule has 2 heterocycles. The summed E-state index contributed by atoms with van der Waals surface area (Å²) in [6.07, 6.45) is 8.79. The van der Waals surface area contributed by atoms with Crippen LogP contribution in [0.2, 0.25) is 0 Å². The maximum absolute atomic E-state index is 11.5. The first kappa shape index (κ1) is 23.2. The molecule has 170 valence electrons. The Labute approximate surface area is 183 Å². The van der Waals surface area contributed by atoms with Crippen molar-refractivity contribution in [2.45, 2.75) is 44.5 Å². The number of ether oxygens (including phenoxy) is 2. The first-order valence-corrected chi connectivity index (χ1v) is 10.7. The highest BCUT2D eigenvalue weighted by atomic mass is 16.6. The fourth-order valence-corrected chi connectivity index (χ4v) is 3.96. The van der Waals surface area contributed by atoms with E-state index in [1.807, 2.05) is 26.0 Å². The van der Waals surface area contributed by atoms with E-state index in [1.54, 1.807) is 6.07 Å². The molecule has 0 radical (unpaired) electrons. The summed E-state index contributed by atoms with van der Waals surface area (Å²) >= 11 is 0. The Morgan fingerprint density at radius 2 is 2.19 bits per heavy atom. The molecular weight excluding hydrogens is 396 g/mol. The van der Waals surface area contributed by atoms with Crippen molar-refractivity contribution in [3.05, 3.63) is 45.1 Å². The van der Waals surface area contributed by atoms with Crippen molar-refractivity contribution in [1.29, 1.82) is 0 Å². The van der Waals surface area contributed by atoms with E-state index in [-0.39, 0.29) is 23.8 Å². The van der Waals surface area contributed by atoms with Crippen molar-refractivity contribution in [3.8, 4) is 0 Å². The van der Waals surface area contributed by atoms with Gasteiger partial charge in [0.15, 0.2) is 0 Å². The van der Waals surface area contributed by atoms with Crippen molar-refractivity contribution >= 4 is 18.5 Å². The molecule has 3 rings (SSSR count). The average Bonchev–Trinajstić information content (AvgIpc) is 2.69. The van der Waals surface area contributed by atoms with Gasteiger partial charge in [-0.2, -0.15) is 0 Å². The summed E-state index contributed by atoms with van der Waals surface area (Å²) in [7, 11) is 4.11. The Kier molecular flexibility index (Phi) is 7.69. The van der Waals surface area contributed by atoms with Crippen LogP contribution < -0.4 is 27.3 Å². The minimum Gasteiger partial charge on any atom is -0.423 e. The third-order valence-electron chi connectivity index (χ3n) is 5.60. The van der Waals surface area contributed by atoms with E-state index in [2.05, 4.69) is 35.4 Å². The number of nitrogens with two attached hydrogens (primary N) is 1. The van der Waals surface area contributed by atoms with Crippen LogP contribution in [-0.4, -0.2) is 62.8 Å². The number of fused-ring (bicyclic) bond motifs is 2. The van der Waals surface area contributed by atoms with E-state index in [4.69, 9.17) is 19.6 Å². The quantitative estimate of drug-likeness (QED) is 0.327. The zero-order chi connectivity index (χ0) is 22.4. The first-order valence-electron chi connectivity index (χ1n) is 10.7. The minimum atomic E-state index is -0.484. The second-order valence-electron chi connectivity index (χ2n) is 8.77. The van der Waals surface area contributed by atoms with Gasteiger partial charge in [0.1, 0.15) is 11.2 Å². The molecule has 1 aromatic heterocycles. The molecular formula is C23H34N4O4. The lowest BCUT2D eigenvalue weighted by atomic mass is 9.82. The van der Waals surface area contributed by atoms with Gasteiger partial charge in [0.05, 0.1) is 30.8 Å². The largest absolute Gasteiger partial charge is 0.423 e. The number of hydrogen-bond acceptors (Lipinski definition) is 7. The molecule has 1 aliphatic carbocycles. The van der Waals surface area contributed by atoms with Gasteiger partial charge in [-0.05, 0) is 65.5 Å². The maximum atomic E-state index is 11.5. The highest BCUT2D eigenvalue weighted by Gasteiger charge is 2.43. The van der Waals surface area contributed by atoms with Gasteiger partial charge >= 0.3 is 5.63 Å². The fraction of sp³-hybridized carbons (Fsp3) is 0.565. The van der Waals surface area contributed by atoms with E-state index in [0.29, 0.717) is 17.8 Å². The zero-order valence-electron chi connectivity index (χ0n) is 18.8. The molecule has 0 aromatic carbocycles. The van der Waals surface area contributed by atoms with Crippen LogP contribution in [0, 0.1) is 5.92 Å². The van der Waals surface area contributed by atoms with Crippen LogP contribution in [0.1, 0.15) is 26.7 Å². The van der Waals surface area contributed by atoms with Crippen LogP contribution in [0.15, 0.2) is 38.2 Å². The molecule has 3 unspecified atom stereocenters. The highest BCUT2D eigenvalue weighted by Crippen LogP contribution is 2.36. The molecule has 3 N–H and O–H groups in total. The molecule has 0 bridgehead atoms. The number of nitrogens with one attached hydrogen (secondary N) is 1. The van der Waals surface area contributed by atoms with Gasteiger partial charge in [0.2, 0.25) is 0 Å². The number of nitrogens with zero attached hydrogens (tertiary/aromatic N) is 2. The smallest absolute Gasteiger partial charge is 0.336 e. The second-order valence-corrected chi connectivity index (χ2v) is 8.77. The lowest BCUT2D eigenvalue weighted by Gasteiger charge is -2.45. The Morgan fingerprint density at radius 1 is 1.39 bits per heavy atom. The number of hydrogen-bond donors (Lipinski definition) is 2. The van der Waals surface area contributed by atoms with Gasteiger partial charge in [-0.15, -0.1) is 0 Å². The van der Waals surface area contributed by atoms with Gasteiger partial charge in [0, 0.05) is 23.7 Å². The normalized spacial score (nSPS) is 24.9. The molecule has 8 heteroatoms. The van der Waals surface area contributed by atoms with Crippen LogP contribution in [0.4, 0.5) is 0 Å². The van der Waals surface area contributed by atoms with E-state index in [1.165, 1.54) is 12.4 Å². The molecule has 0 amide bonds. The molecule has 31 heavy (non-hydrogen) atoms. The van der Waals surface area contributed by atoms with Crippen molar-refractivity contribution in [2.24, 2.45) is 16.6 Å². The summed E-state index contributed by atoms with van der Waals surface area (Å²) in [5.41, 5.74) is 5.23. The zero-order valence-corrected chi connectivity index (χ0v) is 18.8.